The number of amides is 1. The second kappa shape index (κ2) is 8.02. The highest BCUT2D eigenvalue weighted by Gasteiger charge is 2.37. The minimum absolute atomic E-state index is 0.0958. The lowest BCUT2D eigenvalue weighted by Gasteiger charge is -2.25. The summed E-state index contributed by atoms with van der Waals surface area (Å²) >= 11 is 0. The van der Waals surface area contributed by atoms with E-state index in [-0.39, 0.29) is 11.8 Å². The molecule has 4 rings (SSSR count). The molecule has 0 fully saturated rings. The maximum atomic E-state index is 12.9. The van der Waals surface area contributed by atoms with Gasteiger partial charge in [-0.15, -0.1) is 0 Å². The van der Waals surface area contributed by atoms with Crippen LogP contribution in [0.25, 0.3) is 0 Å². The van der Waals surface area contributed by atoms with Crippen LogP contribution in [0.1, 0.15) is 30.4 Å². The van der Waals surface area contributed by atoms with Crippen molar-refractivity contribution in [3.05, 3.63) is 72.1 Å². The topological polar surface area (TPSA) is 101 Å². The molecule has 29 heavy (non-hydrogen) atoms. The fraction of sp³-hybridized carbons (Fsp3) is 0.286. The fourth-order valence-electron chi connectivity index (χ4n) is 3.28. The van der Waals surface area contributed by atoms with Gasteiger partial charge >= 0.3 is 0 Å². The van der Waals surface area contributed by atoms with Crippen molar-refractivity contribution in [2.75, 3.05) is 11.9 Å². The van der Waals surface area contributed by atoms with Crippen LogP contribution in [0.2, 0.25) is 0 Å². The lowest BCUT2D eigenvalue weighted by molar-refractivity contribution is -0.123. The summed E-state index contributed by atoms with van der Waals surface area (Å²) in [5.74, 6) is 1.39. The van der Waals surface area contributed by atoms with Gasteiger partial charge in [-0.2, -0.15) is 0 Å². The number of hydrogen-bond donors (Lipinski definition) is 2. The van der Waals surface area contributed by atoms with Gasteiger partial charge in [0.1, 0.15) is 17.9 Å². The van der Waals surface area contributed by atoms with Crippen molar-refractivity contribution in [1.29, 1.82) is 0 Å². The molecule has 8 nitrogen and oxygen atoms in total. The van der Waals surface area contributed by atoms with Crippen LogP contribution in [0.15, 0.2) is 59.3 Å². The fourth-order valence-corrected chi connectivity index (χ4v) is 3.28. The van der Waals surface area contributed by atoms with Crippen LogP contribution in [-0.4, -0.2) is 40.2 Å². The van der Waals surface area contributed by atoms with Crippen molar-refractivity contribution >= 4 is 11.7 Å². The Labute approximate surface area is 168 Å². The van der Waals surface area contributed by atoms with E-state index in [1.165, 1.54) is 4.90 Å². The van der Waals surface area contributed by atoms with Gasteiger partial charge in [0.25, 0.3) is 0 Å². The van der Waals surface area contributed by atoms with Crippen molar-refractivity contribution in [3.8, 4) is 5.75 Å². The van der Waals surface area contributed by atoms with Crippen LogP contribution in [0.3, 0.4) is 0 Å². The smallest absolute Gasteiger partial charge is 0.249 e. The first-order valence-corrected chi connectivity index (χ1v) is 9.35. The summed E-state index contributed by atoms with van der Waals surface area (Å²) in [5.41, 5.74) is 1.07. The predicted octanol–water partition coefficient (Wildman–Crippen LogP) is 2.05. The summed E-state index contributed by atoms with van der Waals surface area (Å²) in [7, 11) is 1.62. The van der Waals surface area contributed by atoms with Gasteiger partial charge in [0, 0.05) is 19.7 Å². The van der Waals surface area contributed by atoms with E-state index in [1.807, 2.05) is 30.3 Å². The van der Waals surface area contributed by atoms with Gasteiger partial charge in [-0.1, -0.05) is 30.3 Å². The molecule has 3 heterocycles. The van der Waals surface area contributed by atoms with E-state index in [2.05, 4.69) is 15.3 Å². The molecule has 0 bridgehead atoms. The van der Waals surface area contributed by atoms with Crippen LogP contribution in [0.4, 0.5) is 5.82 Å². The summed E-state index contributed by atoms with van der Waals surface area (Å²) in [6.45, 7) is 1.76. The van der Waals surface area contributed by atoms with Crippen LogP contribution < -0.4 is 15.0 Å². The first-order chi connectivity index (χ1) is 14.0. The number of fused-ring (bicyclic) bond motifs is 1. The molecular formula is C21H22N4O4. The summed E-state index contributed by atoms with van der Waals surface area (Å²) in [4.78, 5) is 22.7. The number of hydrogen-bond acceptors (Lipinski definition) is 7. The third-order valence-electron chi connectivity index (χ3n) is 4.81. The van der Waals surface area contributed by atoms with Crippen LogP contribution in [0, 0.1) is 0 Å². The van der Waals surface area contributed by atoms with Crippen molar-refractivity contribution in [2.45, 2.75) is 31.7 Å². The highest BCUT2D eigenvalue weighted by molar-refractivity contribution is 5.98. The molecule has 0 saturated heterocycles. The van der Waals surface area contributed by atoms with Gasteiger partial charge in [0.15, 0.2) is 17.8 Å². The van der Waals surface area contributed by atoms with Crippen LogP contribution in [0.5, 0.6) is 5.75 Å². The van der Waals surface area contributed by atoms with E-state index in [9.17, 15) is 9.90 Å². The summed E-state index contributed by atoms with van der Waals surface area (Å²) in [6, 6.07) is 12.5. The number of aromatic nitrogens is 2. The number of pyridine rings is 1. The summed E-state index contributed by atoms with van der Waals surface area (Å²) < 4.78 is 11.6. The Morgan fingerprint density at radius 2 is 2.00 bits per heavy atom. The second-order valence-corrected chi connectivity index (χ2v) is 6.92. The number of aliphatic hydroxyl groups is 1. The number of nitrogens with one attached hydrogen (secondary N) is 1. The molecule has 1 amide bonds. The third kappa shape index (κ3) is 3.98. The molecule has 8 heteroatoms. The lowest BCUT2D eigenvalue weighted by atomic mass is 10.1. The van der Waals surface area contributed by atoms with Crippen molar-refractivity contribution in [1.82, 2.24) is 15.3 Å². The Kier molecular flexibility index (Phi) is 5.28. The van der Waals surface area contributed by atoms with Crippen LogP contribution >= 0.6 is 0 Å². The number of benzene rings is 1. The molecule has 1 aromatic carbocycles. The molecule has 3 atom stereocenters. The molecular weight excluding hydrogens is 372 g/mol. The van der Waals surface area contributed by atoms with E-state index >= 15 is 0 Å². The molecule has 150 valence electrons. The van der Waals surface area contributed by atoms with Crippen LogP contribution in [-0.2, 0) is 11.2 Å². The number of carbonyl (C=O) groups is 1. The molecule has 0 aliphatic carbocycles. The van der Waals surface area contributed by atoms with Gasteiger partial charge < -0.3 is 14.3 Å². The standard InChI is InChI=1S/C21H22N4O4/c1-13-17(21(27)25(2)18-16(28-13)9-6-10-22-18)24-19(26)20-23-12-15(29-20)11-14-7-4-3-5-8-14/h3-10,12-13,17,19,24,26H,11H2,1-2H3/t13-,17+,19?/m1/s1. The first-order valence-electron chi connectivity index (χ1n) is 9.35. The Hall–Kier alpha value is -3.23. The van der Waals surface area contributed by atoms with Crippen molar-refractivity contribution < 1.29 is 19.1 Å². The summed E-state index contributed by atoms with van der Waals surface area (Å²) in [6.07, 6.45) is 1.94. The number of aliphatic hydroxyl groups excluding tert-OH is 1. The third-order valence-corrected chi connectivity index (χ3v) is 4.81. The lowest BCUT2D eigenvalue weighted by Crippen LogP contribution is -2.52. The molecule has 2 aromatic heterocycles. The maximum Gasteiger partial charge on any atom is 0.249 e. The number of carbonyl (C=O) groups excluding carboxylic acids is 1. The number of ether oxygens (including phenoxy) is 1. The SMILES string of the molecule is C[C@H]1Oc2cccnc2N(C)C(=O)[C@H]1NC(O)c1ncc(Cc2ccccc2)o1. The maximum absolute atomic E-state index is 12.9. The van der Waals surface area contributed by atoms with E-state index in [1.54, 1.807) is 38.5 Å². The molecule has 0 radical (unpaired) electrons. The predicted molar refractivity (Wildman–Crippen MR) is 105 cm³/mol. The minimum atomic E-state index is -1.26. The monoisotopic (exact) mass is 394 g/mol. The Morgan fingerprint density at radius 3 is 2.79 bits per heavy atom. The molecule has 2 N–H and O–H groups in total. The zero-order valence-electron chi connectivity index (χ0n) is 16.1. The first kappa shape index (κ1) is 19.1. The zero-order valence-corrected chi connectivity index (χ0v) is 16.1. The normalized spacial score (nSPS) is 20.0. The molecule has 1 aliphatic rings. The molecule has 3 aromatic rings. The van der Waals surface area contributed by atoms with E-state index in [4.69, 9.17) is 9.15 Å². The molecule has 0 spiro atoms. The highest BCUT2D eigenvalue weighted by atomic mass is 16.5. The number of anilines is 1. The van der Waals surface area contributed by atoms with Gasteiger partial charge in [-0.3, -0.25) is 15.0 Å². The highest BCUT2D eigenvalue weighted by Crippen LogP contribution is 2.30. The number of nitrogens with zero attached hydrogens (tertiary/aromatic N) is 3. The molecule has 0 saturated carbocycles. The molecule has 1 aliphatic heterocycles. The van der Waals surface area contributed by atoms with Gasteiger partial charge in [0.2, 0.25) is 11.8 Å². The average molecular weight is 394 g/mol. The van der Waals surface area contributed by atoms with E-state index < -0.39 is 18.4 Å². The van der Waals surface area contributed by atoms with Gasteiger partial charge in [0.05, 0.1) is 6.20 Å². The Morgan fingerprint density at radius 1 is 1.21 bits per heavy atom. The number of rotatable bonds is 5. The largest absolute Gasteiger partial charge is 0.485 e. The quantitative estimate of drug-likeness (QED) is 0.639. The average Bonchev–Trinajstić information content (AvgIpc) is 3.17. The number of likely N-dealkylation sites (N-methyl/N-ethyl adjacent to an activating group) is 1. The van der Waals surface area contributed by atoms with Crippen molar-refractivity contribution in [2.24, 2.45) is 0 Å². The minimum Gasteiger partial charge on any atom is -0.485 e. The van der Waals surface area contributed by atoms with Gasteiger partial charge in [-0.05, 0) is 24.6 Å². The van der Waals surface area contributed by atoms with Gasteiger partial charge in [-0.25, -0.2) is 9.97 Å². The number of oxazole rings is 1. The second-order valence-electron chi connectivity index (χ2n) is 6.92. The Balaban J connectivity index is 1.48. The van der Waals surface area contributed by atoms with Crippen molar-refractivity contribution in [3.63, 3.8) is 0 Å². The summed E-state index contributed by atoms with van der Waals surface area (Å²) in [5, 5.41) is 13.4. The molecule has 1 unspecified atom stereocenters. The van der Waals surface area contributed by atoms with E-state index in [0.717, 1.165) is 5.56 Å². The Bertz CT molecular complexity index is 991. The zero-order chi connectivity index (χ0) is 20.4. The van der Waals surface area contributed by atoms with E-state index in [0.29, 0.717) is 23.7 Å².